The molecule has 128 valence electrons. The van der Waals surface area contributed by atoms with Gasteiger partial charge in [-0.3, -0.25) is 14.6 Å². The maximum Gasteiger partial charge on any atom is 0.326 e. The van der Waals surface area contributed by atoms with Crippen LogP contribution < -0.4 is 27.0 Å². The summed E-state index contributed by atoms with van der Waals surface area (Å²) in [4.78, 5) is 38.7. The zero-order valence-electron chi connectivity index (χ0n) is 12.5. The van der Waals surface area contributed by atoms with Gasteiger partial charge in [0.2, 0.25) is 0 Å². The first-order chi connectivity index (χ1) is 11.3. The van der Waals surface area contributed by atoms with Crippen LogP contribution in [0.1, 0.15) is 17.4 Å². The van der Waals surface area contributed by atoms with Gasteiger partial charge in [-0.25, -0.2) is 9.18 Å². The van der Waals surface area contributed by atoms with E-state index in [2.05, 4.69) is 10.3 Å². The summed E-state index contributed by atoms with van der Waals surface area (Å²) < 4.78 is 18.6. The maximum atomic E-state index is 13.3. The van der Waals surface area contributed by atoms with Crippen molar-refractivity contribution in [3.63, 3.8) is 0 Å². The number of benzene rings is 1. The third kappa shape index (κ3) is 4.13. The molecule has 1 atom stereocenters. The number of carbonyl (C=O) groups excluding carboxylic acids is 1. The molecular formula is C14H14ClFN4O4. The molecule has 10 heteroatoms. The van der Waals surface area contributed by atoms with Crippen LogP contribution in [0.4, 0.5) is 10.1 Å². The smallest absolute Gasteiger partial charge is 0.326 e. The number of nitrogens with one attached hydrogen (secondary N) is 3. The fourth-order valence-corrected chi connectivity index (χ4v) is 1.92. The predicted octanol–water partition coefficient (Wildman–Crippen LogP) is 0.635. The third-order valence-electron chi connectivity index (χ3n) is 2.98. The zero-order valence-corrected chi connectivity index (χ0v) is 13.2. The molecule has 2 aromatic rings. The fraction of sp³-hybridized carbons (Fsp3) is 0.214. The highest BCUT2D eigenvalue weighted by atomic mass is 35.5. The summed E-state index contributed by atoms with van der Waals surface area (Å²) in [5.41, 5.74) is 3.02. The Morgan fingerprint density at radius 1 is 1.42 bits per heavy atom. The summed E-state index contributed by atoms with van der Waals surface area (Å²) in [6, 6.07) is 3.42. The molecule has 0 spiro atoms. The average molecular weight is 357 g/mol. The van der Waals surface area contributed by atoms with Crippen molar-refractivity contribution in [1.82, 2.24) is 15.3 Å². The van der Waals surface area contributed by atoms with Crippen LogP contribution in [0, 0.1) is 5.82 Å². The Bertz CT molecular complexity index is 880. The number of amides is 1. The Morgan fingerprint density at radius 2 is 2.12 bits per heavy atom. The molecule has 1 heterocycles. The first kappa shape index (κ1) is 17.5. The molecule has 8 nitrogen and oxygen atoms in total. The van der Waals surface area contributed by atoms with Gasteiger partial charge in [-0.15, -0.1) is 0 Å². The number of hydrogen-bond donors (Lipinski definition) is 4. The number of H-pyrrole nitrogens is 2. The van der Waals surface area contributed by atoms with Crippen molar-refractivity contribution < 1.29 is 13.9 Å². The van der Waals surface area contributed by atoms with Crippen LogP contribution in [0.25, 0.3) is 0 Å². The van der Waals surface area contributed by atoms with E-state index in [1.807, 2.05) is 4.98 Å². The second-order valence-corrected chi connectivity index (χ2v) is 5.37. The highest BCUT2D eigenvalue weighted by molar-refractivity contribution is 6.30. The number of carbonyl (C=O) groups is 1. The van der Waals surface area contributed by atoms with E-state index in [9.17, 15) is 18.8 Å². The maximum absolute atomic E-state index is 13.3. The number of rotatable bonds is 5. The molecule has 0 radical (unpaired) electrons. The van der Waals surface area contributed by atoms with Gasteiger partial charge in [0.15, 0.2) is 0 Å². The second-order valence-electron chi connectivity index (χ2n) is 4.96. The number of nitrogens with two attached hydrogens (primary N) is 1. The molecule has 24 heavy (non-hydrogen) atoms. The highest BCUT2D eigenvalue weighted by Gasteiger charge is 2.16. The molecule has 1 amide bonds. The molecule has 1 aromatic heterocycles. The molecule has 0 fully saturated rings. The van der Waals surface area contributed by atoms with Gasteiger partial charge in [0.25, 0.3) is 11.5 Å². The minimum atomic E-state index is -0.857. The van der Waals surface area contributed by atoms with Crippen LogP contribution >= 0.6 is 11.6 Å². The Hall–Kier alpha value is -2.81. The van der Waals surface area contributed by atoms with Crippen molar-refractivity contribution in [2.24, 2.45) is 0 Å². The van der Waals surface area contributed by atoms with Crippen LogP contribution in [0.3, 0.4) is 0 Å². The SMILES string of the molecule is CC(COc1ccc(Cl)c(F)c1)NC(=O)c1[nH]c(=O)[nH]c(=O)c1N. The Kier molecular flexibility index (Phi) is 5.24. The highest BCUT2D eigenvalue weighted by Crippen LogP contribution is 2.20. The van der Waals surface area contributed by atoms with Gasteiger partial charge in [0.1, 0.15) is 29.6 Å². The lowest BCUT2D eigenvalue weighted by Crippen LogP contribution is -2.40. The van der Waals surface area contributed by atoms with Crippen molar-refractivity contribution in [3.8, 4) is 5.75 Å². The van der Waals surface area contributed by atoms with E-state index >= 15 is 0 Å². The molecule has 0 aliphatic heterocycles. The summed E-state index contributed by atoms with van der Waals surface area (Å²) in [5, 5.41) is 2.47. The monoisotopic (exact) mass is 356 g/mol. The lowest BCUT2D eigenvalue weighted by molar-refractivity contribution is 0.0922. The quantitative estimate of drug-likeness (QED) is 0.624. The zero-order chi connectivity index (χ0) is 17.9. The molecule has 0 saturated carbocycles. The number of ether oxygens (including phenoxy) is 1. The van der Waals surface area contributed by atoms with Crippen LogP contribution in [0.2, 0.25) is 5.02 Å². The number of aromatic amines is 2. The lowest BCUT2D eigenvalue weighted by Gasteiger charge is -2.15. The molecule has 2 rings (SSSR count). The van der Waals surface area contributed by atoms with Crippen molar-refractivity contribution in [2.75, 3.05) is 12.3 Å². The summed E-state index contributed by atoms with van der Waals surface area (Å²) in [7, 11) is 0. The van der Waals surface area contributed by atoms with E-state index in [1.165, 1.54) is 12.1 Å². The average Bonchev–Trinajstić information content (AvgIpc) is 2.52. The number of hydrogen-bond acceptors (Lipinski definition) is 5. The number of halogens is 2. The summed E-state index contributed by atoms with van der Waals surface area (Å²) >= 11 is 5.56. The standard InChI is InChI=1S/C14H14ClFN4O4/c1-6(5-24-7-2-3-8(15)9(16)4-7)18-13(22)11-10(17)12(21)20-14(23)19-11/h2-4,6H,5,17H2,1H3,(H,18,22)(H2,19,20,21,23). The molecule has 1 unspecified atom stereocenters. The fourth-order valence-electron chi connectivity index (χ4n) is 1.80. The second kappa shape index (κ2) is 7.18. The number of anilines is 1. The van der Waals surface area contributed by atoms with Crippen molar-refractivity contribution in [1.29, 1.82) is 0 Å². The normalized spacial score (nSPS) is 11.8. The summed E-state index contributed by atoms with van der Waals surface area (Å²) in [5.74, 6) is -1.13. The molecule has 0 saturated heterocycles. The van der Waals surface area contributed by atoms with Crippen molar-refractivity contribution in [3.05, 3.63) is 55.6 Å². The first-order valence-electron chi connectivity index (χ1n) is 6.78. The van der Waals surface area contributed by atoms with Crippen LogP contribution in [-0.4, -0.2) is 28.5 Å². The molecule has 0 bridgehead atoms. The lowest BCUT2D eigenvalue weighted by atomic mass is 10.3. The summed E-state index contributed by atoms with van der Waals surface area (Å²) in [6.45, 7) is 1.63. The number of nitrogen functional groups attached to an aromatic ring is 1. The van der Waals surface area contributed by atoms with Crippen LogP contribution in [-0.2, 0) is 0 Å². The van der Waals surface area contributed by atoms with E-state index < -0.39 is 34.7 Å². The Labute approximate surface area is 139 Å². The third-order valence-corrected chi connectivity index (χ3v) is 3.28. The van der Waals surface area contributed by atoms with Crippen LogP contribution in [0.15, 0.2) is 27.8 Å². The largest absolute Gasteiger partial charge is 0.491 e. The van der Waals surface area contributed by atoms with E-state index in [4.69, 9.17) is 22.1 Å². The van der Waals surface area contributed by atoms with Crippen LogP contribution in [0.5, 0.6) is 5.75 Å². The van der Waals surface area contributed by atoms with E-state index in [-0.39, 0.29) is 23.1 Å². The summed E-state index contributed by atoms with van der Waals surface area (Å²) in [6.07, 6.45) is 0. The molecule has 0 aliphatic rings. The van der Waals surface area contributed by atoms with Gasteiger partial charge in [0.05, 0.1) is 11.1 Å². The van der Waals surface area contributed by atoms with E-state index in [0.717, 1.165) is 6.07 Å². The van der Waals surface area contributed by atoms with Gasteiger partial charge >= 0.3 is 5.69 Å². The van der Waals surface area contributed by atoms with Gasteiger partial charge < -0.3 is 20.8 Å². The topological polar surface area (TPSA) is 130 Å². The van der Waals surface area contributed by atoms with Gasteiger partial charge in [-0.1, -0.05) is 11.6 Å². The molecule has 5 N–H and O–H groups in total. The molecular weight excluding hydrogens is 343 g/mol. The first-order valence-corrected chi connectivity index (χ1v) is 7.16. The minimum Gasteiger partial charge on any atom is -0.491 e. The minimum absolute atomic E-state index is 0.0140. The predicted molar refractivity (Wildman–Crippen MR) is 85.9 cm³/mol. The van der Waals surface area contributed by atoms with Gasteiger partial charge in [-0.2, -0.15) is 0 Å². The Balaban J connectivity index is 2.00. The molecule has 0 aliphatic carbocycles. The molecule has 1 aromatic carbocycles. The van der Waals surface area contributed by atoms with Crippen molar-refractivity contribution >= 4 is 23.2 Å². The van der Waals surface area contributed by atoms with Gasteiger partial charge in [-0.05, 0) is 19.1 Å². The van der Waals surface area contributed by atoms with Gasteiger partial charge in [0, 0.05) is 6.07 Å². The Morgan fingerprint density at radius 3 is 2.79 bits per heavy atom. The van der Waals surface area contributed by atoms with E-state index in [0.29, 0.717) is 0 Å². The van der Waals surface area contributed by atoms with Crippen molar-refractivity contribution in [2.45, 2.75) is 13.0 Å². The van der Waals surface area contributed by atoms with E-state index in [1.54, 1.807) is 6.92 Å². The number of aromatic nitrogens is 2.